The van der Waals surface area contributed by atoms with Gasteiger partial charge in [0.25, 0.3) is 5.91 Å². The molecular formula is C17H9Cl2F2N4NaO3. The summed E-state index contributed by atoms with van der Waals surface area (Å²) >= 11 is 12.1. The van der Waals surface area contributed by atoms with Crippen LogP contribution in [-0.2, 0) is 0 Å². The third-order valence-corrected chi connectivity index (χ3v) is 4.42. The summed E-state index contributed by atoms with van der Waals surface area (Å²) in [4.78, 5) is 16.7. The third-order valence-electron chi connectivity index (χ3n) is 3.85. The molecule has 3 aromatic heterocycles. The Morgan fingerprint density at radius 2 is 1.79 bits per heavy atom. The molecule has 0 spiro atoms. The Morgan fingerprint density at radius 1 is 1.10 bits per heavy atom. The number of ether oxygens (including phenoxy) is 1. The zero-order valence-corrected chi connectivity index (χ0v) is 15.1. The quantitative estimate of drug-likeness (QED) is 0.468. The van der Waals surface area contributed by atoms with E-state index in [4.69, 9.17) is 27.6 Å². The van der Waals surface area contributed by atoms with Gasteiger partial charge in [0.05, 0.1) is 39.1 Å². The molecule has 0 aliphatic carbocycles. The van der Waals surface area contributed by atoms with Gasteiger partial charge in [0.1, 0.15) is 0 Å². The number of halogens is 4. The van der Waals surface area contributed by atoms with Gasteiger partial charge < -0.3 is 14.5 Å². The molecule has 3 heterocycles. The van der Waals surface area contributed by atoms with Gasteiger partial charge in [0, 0.05) is 17.8 Å². The maximum absolute atomic E-state index is 12.9. The maximum atomic E-state index is 12.9. The van der Waals surface area contributed by atoms with E-state index in [1.54, 1.807) is 0 Å². The van der Waals surface area contributed by atoms with Gasteiger partial charge in [-0.3, -0.25) is 9.78 Å². The number of rotatable bonds is 4. The van der Waals surface area contributed by atoms with Gasteiger partial charge in [-0.05, 0) is 12.1 Å². The fraction of sp³-hybridized carbons (Fsp3) is 0.0588. The van der Waals surface area contributed by atoms with Crippen molar-refractivity contribution in [3.63, 3.8) is 0 Å². The van der Waals surface area contributed by atoms with E-state index in [0.29, 0.717) is 5.39 Å². The number of aromatic nitrogens is 3. The molecule has 0 radical (unpaired) electrons. The molecule has 0 saturated carbocycles. The van der Waals surface area contributed by atoms with E-state index in [-0.39, 0.29) is 73.2 Å². The molecule has 12 heteroatoms. The van der Waals surface area contributed by atoms with E-state index in [1.165, 1.54) is 36.9 Å². The van der Waals surface area contributed by atoms with Crippen LogP contribution in [0.2, 0.25) is 10.0 Å². The zero-order chi connectivity index (χ0) is 19.8. The van der Waals surface area contributed by atoms with Gasteiger partial charge in [-0.1, -0.05) is 23.2 Å². The molecule has 0 saturated heterocycles. The fourth-order valence-electron chi connectivity index (χ4n) is 2.71. The summed E-state index contributed by atoms with van der Waals surface area (Å²) in [6.45, 7) is -3.07. The molecule has 4 rings (SSSR count). The number of alkyl halides is 2. The second-order valence-corrected chi connectivity index (χ2v) is 6.31. The van der Waals surface area contributed by atoms with Crippen molar-refractivity contribution in [2.45, 2.75) is 6.61 Å². The van der Waals surface area contributed by atoms with E-state index < -0.39 is 12.5 Å². The number of anilines is 1. The van der Waals surface area contributed by atoms with Crippen LogP contribution in [0.25, 0.3) is 21.9 Å². The fourth-order valence-corrected chi connectivity index (χ4v) is 3.17. The number of hydrogen-bond donors (Lipinski definition) is 1. The molecule has 7 nitrogen and oxygen atoms in total. The van der Waals surface area contributed by atoms with Crippen LogP contribution in [-0.4, -0.2) is 57.3 Å². The molecule has 0 fully saturated rings. The summed E-state index contributed by atoms with van der Waals surface area (Å²) in [5.41, 5.74) is 0.498. The van der Waals surface area contributed by atoms with Gasteiger partial charge in [-0.25, -0.2) is 0 Å². The second-order valence-electron chi connectivity index (χ2n) is 5.50. The van der Waals surface area contributed by atoms with Crippen LogP contribution >= 0.6 is 23.2 Å². The summed E-state index contributed by atoms with van der Waals surface area (Å²) in [6, 6.07) is 2.54. The standard InChI is InChI=1S/C17H8Cl2F2N4O3.Na.H/c18-9-4-22-5-10(19)14(9)25-16(26)7-1-2-11(28-17(20)21)15-13(7)8-3-23-24-6-12(8)27-15;;/h1-6,17H,(H,22,25,26);;. The van der Waals surface area contributed by atoms with Crippen molar-refractivity contribution in [1.82, 2.24) is 15.2 Å². The SMILES string of the molecule is O=C(Nc1c(Cl)cncc1Cl)c1ccc(OC(F)F)c2oc3cnncc3c12.[NaH]. The van der Waals surface area contributed by atoms with Crippen LogP contribution in [0.4, 0.5) is 14.5 Å². The Balaban J connectivity index is 0.00000240. The van der Waals surface area contributed by atoms with E-state index >= 15 is 0 Å². The molecule has 0 bridgehead atoms. The molecule has 29 heavy (non-hydrogen) atoms. The van der Waals surface area contributed by atoms with Gasteiger partial charge in [-0.2, -0.15) is 19.0 Å². The molecule has 144 valence electrons. The Bertz CT molecular complexity index is 1200. The summed E-state index contributed by atoms with van der Waals surface area (Å²) in [6.07, 6.45) is 5.30. The van der Waals surface area contributed by atoms with Gasteiger partial charge >= 0.3 is 36.2 Å². The topological polar surface area (TPSA) is 90.1 Å². The van der Waals surface area contributed by atoms with Crippen molar-refractivity contribution in [2.75, 3.05) is 5.32 Å². The number of pyridine rings is 1. The number of amides is 1. The van der Waals surface area contributed by atoms with Crippen LogP contribution in [0.5, 0.6) is 5.75 Å². The van der Waals surface area contributed by atoms with Crippen molar-refractivity contribution >= 4 is 86.3 Å². The Kier molecular flexibility index (Phi) is 6.55. The van der Waals surface area contributed by atoms with Crippen molar-refractivity contribution in [2.24, 2.45) is 0 Å². The molecular weight excluding hydrogens is 440 g/mol. The summed E-state index contributed by atoms with van der Waals surface area (Å²) < 4.78 is 35.5. The third kappa shape index (κ3) is 4.15. The van der Waals surface area contributed by atoms with Crippen LogP contribution in [0.1, 0.15) is 10.4 Å². The molecule has 4 aromatic rings. The first-order valence-corrected chi connectivity index (χ1v) is 8.42. The van der Waals surface area contributed by atoms with E-state index in [9.17, 15) is 13.6 Å². The number of fused-ring (bicyclic) bond motifs is 3. The number of carbonyl (C=O) groups is 1. The first kappa shape index (κ1) is 21.7. The van der Waals surface area contributed by atoms with E-state index in [1.807, 2.05) is 0 Å². The monoisotopic (exact) mass is 448 g/mol. The number of nitrogens with zero attached hydrogens (tertiary/aromatic N) is 3. The number of hydrogen-bond acceptors (Lipinski definition) is 6. The molecule has 1 amide bonds. The minimum absolute atomic E-state index is 0. The predicted octanol–water partition coefficient (Wildman–Crippen LogP) is 4.28. The Labute approximate surface area is 193 Å². The van der Waals surface area contributed by atoms with Crippen LogP contribution in [0.3, 0.4) is 0 Å². The summed E-state index contributed by atoms with van der Waals surface area (Å²) in [7, 11) is 0. The van der Waals surface area contributed by atoms with Crippen molar-refractivity contribution < 1.29 is 22.7 Å². The summed E-state index contributed by atoms with van der Waals surface area (Å²) in [5, 5.41) is 11.0. The van der Waals surface area contributed by atoms with Crippen LogP contribution in [0, 0.1) is 0 Å². The Morgan fingerprint density at radius 3 is 2.48 bits per heavy atom. The van der Waals surface area contributed by atoms with Crippen molar-refractivity contribution in [3.05, 3.63) is 52.5 Å². The van der Waals surface area contributed by atoms with Gasteiger partial charge in [0.15, 0.2) is 16.9 Å². The first-order chi connectivity index (χ1) is 13.5. The number of nitrogens with one attached hydrogen (secondary N) is 1. The second kappa shape index (κ2) is 8.76. The van der Waals surface area contributed by atoms with Crippen LogP contribution < -0.4 is 10.1 Å². The molecule has 1 aromatic carbocycles. The first-order valence-electron chi connectivity index (χ1n) is 7.66. The molecule has 0 aliphatic heterocycles. The average Bonchev–Trinajstić information content (AvgIpc) is 3.05. The molecule has 1 N–H and O–H groups in total. The zero-order valence-electron chi connectivity index (χ0n) is 13.6. The normalized spacial score (nSPS) is 10.9. The summed E-state index contributed by atoms with van der Waals surface area (Å²) in [5.74, 6) is -0.819. The number of furan rings is 1. The number of benzene rings is 1. The average molecular weight is 449 g/mol. The molecule has 0 unspecified atom stereocenters. The van der Waals surface area contributed by atoms with E-state index in [0.717, 1.165) is 0 Å². The van der Waals surface area contributed by atoms with Crippen LogP contribution in [0.15, 0.2) is 41.3 Å². The van der Waals surface area contributed by atoms with Gasteiger partial charge in [-0.15, -0.1) is 0 Å². The van der Waals surface area contributed by atoms with Crippen molar-refractivity contribution in [1.29, 1.82) is 0 Å². The molecule has 0 aliphatic rings. The Hall–Kier alpha value is -2.04. The number of carbonyl (C=O) groups excluding carboxylic acids is 1. The molecule has 0 atom stereocenters. The predicted molar refractivity (Wildman–Crippen MR) is 105 cm³/mol. The van der Waals surface area contributed by atoms with E-state index in [2.05, 4.69) is 25.2 Å². The van der Waals surface area contributed by atoms with Crippen molar-refractivity contribution in [3.8, 4) is 5.75 Å². The minimum atomic E-state index is -3.07. The van der Waals surface area contributed by atoms with Gasteiger partial charge in [0.2, 0.25) is 0 Å².